The minimum absolute atomic E-state index is 0.0507. The van der Waals surface area contributed by atoms with Gasteiger partial charge >= 0.3 is 0 Å². The first-order chi connectivity index (χ1) is 13.0. The molecule has 0 aromatic heterocycles. The van der Waals surface area contributed by atoms with E-state index in [0.717, 1.165) is 3.57 Å². The summed E-state index contributed by atoms with van der Waals surface area (Å²) in [7, 11) is 0. The predicted molar refractivity (Wildman–Crippen MR) is 112 cm³/mol. The van der Waals surface area contributed by atoms with E-state index in [9.17, 15) is 15.0 Å². The van der Waals surface area contributed by atoms with E-state index >= 15 is 0 Å². The second-order valence-electron chi connectivity index (χ2n) is 5.84. The van der Waals surface area contributed by atoms with Crippen LogP contribution in [0.2, 0.25) is 0 Å². The van der Waals surface area contributed by atoms with Gasteiger partial charge in [0.15, 0.2) is 5.60 Å². The molecule has 0 radical (unpaired) electrons. The number of hydrazone groups is 1. The fourth-order valence-electron chi connectivity index (χ4n) is 2.66. The minimum atomic E-state index is -1.90. The predicted octanol–water partition coefficient (Wildman–Crippen LogP) is 3.38. The van der Waals surface area contributed by atoms with E-state index in [1.165, 1.54) is 6.21 Å². The number of hydrogen-bond acceptors (Lipinski definition) is 4. The molecular weight excluding hydrogens is 455 g/mol. The second kappa shape index (κ2) is 8.32. The molecule has 0 spiro atoms. The zero-order valence-corrected chi connectivity index (χ0v) is 16.4. The van der Waals surface area contributed by atoms with Gasteiger partial charge in [-0.3, -0.25) is 4.79 Å². The highest BCUT2D eigenvalue weighted by Crippen LogP contribution is 2.29. The third kappa shape index (κ3) is 4.17. The van der Waals surface area contributed by atoms with Crippen LogP contribution in [0.25, 0.3) is 0 Å². The third-order valence-electron chi connectivity index (χ3n) is 4.07. The van der Waals surface area contributed by atoms with Gasteiger partial charge in [-0.15, -0.1) is 0 Å². The molecule has 0 saturated carbocycles. The van der Waals surface area contributed by atoms with Gasteiger partial charge in [0.25, 0.3) is 5.91 Å². The van der Waals surface area contributed by atoms with Gasteiger partial charge in [-0.25, -0.2) is 5.43 Å². The Balaban J connectivity index is 1.90. The third-order valence-corrected chi connectivity index (χ3v) is 4.74. The Bertz CT molecular complexity index is 920. The molecule has 3 rings (SSSR count). The SMILES string of the molecule is O=C(N/N=C\c1cc(I)ccc1O)C(O)(c1ccccc1)c1ccccc1. The molecule has 1 amide bonds. The molecule has 6 heteroatoms. The van der Waals surface area contributed by atoms with Crippen LogP contribution < -0.4 is 5.43 Å². The summed E-state index contributed by atoms with van der Waals surface area (Å²) in [6, 6.07) is 22.4. The number of carbonyl (C=O) groups excluding carboxylic acids is 1. The number of aromatic hydroxyl groups is 1. The molecule has 3 aromatic rings. The van der Waals surface area contributed by atoms with Crippen molar-refractivity contribution in [3.63, 3.8) is 0 Å². The van der Waals surface area contributed by atoms with Crippen molar-refractivity contribution in [1.82, 2.24) is 5.43 Å². The van der Waals surface area contributed by atoms with Crippen molar-refractivity contribution >= 4 is 34.7 Å². The van der Waals surface area contributed by atoms with Crippen molar-refractivity contribution in [1.29, 1.82) is 0 Å². The fourth-order valence-corrected chi connectivity index (χ4v) is 3.17. The van der Waals surface area contributed by atoms with Crippen LogP contribution >= 0.6 is 22.6 Å². The summed E-state index contributed by atoms with van der Waals surface area (Å²) >= 11 is 2.12. The number of benzene rings is 3. The summed E-state index contributed by atoms with van der Waals surface area (Å²) in [5.74, 6) is -0.643. The number of amides is 1. The molecule has 0 fully saturated rings. The Morgan fingerprint density at radius 1 is 0.963 bits per heavy atom. The standard InChI is InChI=1S/C21H17IN2O3/c22-18-11-12-19(25)15(13-18)14-23-24-20(26)21(27,16-7-3-1-4-8-16)17-9-5-2-6-10-17/h1-14,25,27H,(H,24,26)/b23-14-. The lowest BCUT2D eigenvalue weighted by Crippen LogP contribution is -2.43. The van der Waals surface area contributed by atoms with Crippen molar-refractivity contribution in [2.24, 2.45) is 5.10 Å². The summed E-state index contributed by atoms with van der Waals surface area (Å²) < 4.78 is 0.920. The van der Waals surface area contributed by atoms with E-state index in [4.69, 9.17) is 0 Å². The summed E-state index contributed by atoms with van der Waals surface area (Å²) in [5.41, 5.74) is 1.81. The highest BCUT2D eigenvalue weighted by Gasteiger charge is 2.39. The highest BCUT2D eigenvalue weighted by molar-refractivity contribution is 14.1. The van der Waals surface area contributed by atoms with E-state index in [2.05, 4.69) is 33.1 Å². The average molecular weight is 472 g/mol. The molecule has 0 aliphatic heterocycles. The monoisotopic (exact) mass is 472 g/mol. The maximum absolute atomic E-state index is 12.9. The maximum atomic E-state index is 12.9. The molecule has 0 heterocycles. The molecule has 0 aliphatic rings. The van der Waals surface area contributed by atoms with Gasteiger partial charge in [0.2, 0.25) is 0 Å². The largest absolute Gasteiger partial charge is 0.507 e. The van der Waals surface area contributed by atoms with Crippen LogP contribution in [-0.4, -0.2) is 22.3 Å². The average Bonchev–Trinajstić information content (AvgIpc) is 2.71. The summed E-state index contributed by atoms with van der Waals surface area (Å²) in [4.78, 5) is 12.9. The normalized spacial score (nSPS) is 11.5. The molecule has 0 bridgehead atoms. The van der Waals surface area contributed by atoms with Crippen molar-refractivity contribution in [3.8, 4) is 5.75 Å². The lowest BCUT2D eigenvalue weighted by Gasteiger charge is -2.27. The molecule has 0 aliphatic carbocycles. The molecule has 3 N–H and O–H groups in total. The van der Waals surface area contributed by atoms with Crippen LogP contribution in [0.3, 0.4) is 0 Å². The first-order valence-electron chi connectivity index (χ1n) is 8.17. The van der Waals surface area contributed by atoms with Gasteiger partial charge in [0.05, 0.1) is 6.21 Å². The van der Waals surface area contributed by atoms with E-state index < -0.39 is 11.5 Å². The number of nitrogens with one attached hydrogen (secondary N) is 1. The molecule has 0 saturated heterocycles. The van der Waals surface area contributed by atoms with Gasteiger partial charge in [-0.1, -0.05) is 60.7 Å². The fraction of sp³-hybridized carbons (Fsp3) is 0.0476. The number of halogens is 1. The van der Waals surface area contributed by atoms with E-state index in [1.54, 1.807) is 66.7 Å². The zero-order chi connectivity index (χ0) is 19.3. The number of aliphatic hydroxyl groups is 1. The number of phenols is 1. The second-order valence-corrected chi connectivity index (χ2v) is 7.09. The number of phenolic OH excluding ortho intramolecular Hbond substituents is 1. The zero-order valence-electron chi connectivity index (χ0n) is 14.2. The quantitative estimate of drug-likeness (QED) is 0.303. The minimum Gasteiger partial charge on any atom is -0.507 e. The van der Waals surface area contributed by atoms with Crippen LogP contribution in [0.5, 0.6) is 5.75 Å². The molecule has 0 unspecified atom stereocenters. The van der Waals surface area contributed by atoms with Crippen LogP contribution in [0, 0.1) is 3.57 Å². The maximum Gasteiger partial charge on any atom is 0.281 e. The van der Waals surface area contributed by atoms with E-state index in [0.29, 0.717) is 16.7 Å². The van der Waals surface area contributed by atoms with Crippen LogP contribution in [0.15, 0.2) is 84.0 Å². The number of hydrogen-bond donors (Lipinski definition) is 3. The molecule has 136 valence electrons. The van der Waals surface area contributed by atoms with Gasteiger partial charge in [0, 0.05) is 9.13 Å². The van der Waals surface area contributed by atoms with Gasteiger partial charge in [0.1, 0.15) is 5.75 Å². The van der Waals surface area contributed by atoms with Crippen molar-refractivity contribution in [2.75, 3.05) is 0 Å². The lowest BCUT2D eigenvalue weighted by atomic mass is 9.85. The van der Waals surface area contributed by atoms with Crippen LogP contribution in [0.1, 0.15) is 16.7 Å². The number of carbonyl (C=O) groups is 1. The van der Waals surface area contributed by atoms with E-state index in [1.807, 2.05) is 12.1 Å². The highest BCUT2D eigenvalue weighted by atomic mass is 127. The van der Waals surface area contributed by atoms with Crippen LogP contribution in [0.4, 0.5) is 0 Å². The Labute approximate surface area is 170 Å². The summed E-state index contributed by atoms with van der Waals surface area (Å²) in [5, 5.41) is 25.1. The molecule has 27 heavy (non-hydrogen) atoms. The smallest absolute Gasteiger partial charge is 0.281 e. The molecular formula is C21H17IN2O3. The Hall–Kier alpha value is -2.71. The van der Waals surface area contributed by atoms with E-state index in [-0.39, 0.29) is 5.75 Å². The number of rotatable bonds is 5. The molecule has 0 atom stereocenters. The lowest BCUT2D eigenvalue weighted by molar-refractivity contribution is -0.136. The Morgan fingerprint density at radius 3 is 2.07 bits per heavy atom. The van der Waals surface area contributed by atoms with Crippen LogP contribution in [-0.2, 0) is 10.4 Å². The van der Waals surface area contributed by atoms with Gasteiger partial charge < -0.3 is 10.2 Å². The van der Waals surface area contributed by atoms with Gasteiger partial charge in [-0.05, 0) is 51.9 Å². The van der Waals surface area contributed by atoms with Crippen molar-refractivity contribution in [2.45, 2.75) is 5.60 Å². The first kappa shape index (κ1) is 19.1. The summed E-state index contributed by atoms with van der Waals surface area (Å²) in [6.45, 7) is 0. The van der Waals surface area contributed by atoms with Crippen molar-refractivity contribution in [3.05, 3.63) is 99.1 Å². The Kier molecular flexibility index (Phi) is 5.88. The van der Waals surface area contributed by atoms with Gasteiger partial charge in [-0.2, -0.15) is 5.10 Å². The molecule has 3 aromatic carbocycles. The molecule has 5 nitrogen and oxygen atoms in total. The first-order valence-corrected chi connectivity index (χ1v) is 9.25. The Morgan fingerprint density at radius 2 is 1.52 bits per heavy atom. The number of nitrogens with zero attached hydrogens (tertiary/aromatic N) is 1. The van der Waals surface area contributed by atoms with Crippen molar-refractivity contribution < 1.29 is 15.0 Å². The summed E-state index contributed by atoms with van der Waals surface area (Å²) in [6.07, 6.45) is 1.34. The topological polar surface area (TPSA) is 81.9 Å².